The Hall–Kier alpha value is -2.14. The van der Waals surface area contributed by atoms with Gasteiger partial charge in [0.15, 0.2) is 6.10 Å². The molecule has 0 bridgehead atoms. The fourth-order valence-corrected chi connectivity index (χ4v) is 2.41. The summed E-state index contributed by atoms with van der Waals surface area (Å²) in [5.41, 5.74) is 0.670. The minimum atomic E-state index is -0.667. The molecule has 1 heterocycles. The summed E-state index contributed by atoms with van der Waals surface area (Å²) >= 11 is 4.78. The van der Waals surface area contributed by atoms with Crippen molar-refractivity contribution >= 4 is 34.1 Å². The Morgan fingerprint density at radius 2 is 2.05 bits per heavy atom. The summed E-state index contributed by atoms with van der Waals surface area (Å²) in [6, 6.07) is 11.2. The molecule has 0 aromatic heterocycles. The van der Waals surface area contributed by atoms with Crippen molar-refractivity contribution in [3.05, 3.63) is 42.0 Å². The van der Waals surface area contributed by atoms with E-state index in [4.69, 9.17) is 17.0 Å². The molecular weight excluding hydrogens is 262 g/mol. The van der Waals surface area contributed by atoms with Crippen molar-refractivity contribution < 1.29 is 14.6 Å². The molecule has 5 heteroatoms. The molecule has 0 radical (unpaired) electrons. The molecule has 1 aliphatic rings. The lowest BCUT2D eigenvalue weighted by Crippen LogP contribution is -2.25. The van der Waals surface area contributed by atoms with Crippen LogP contribution in [0.4, 0.5) is 0 Å². The van der Waals surface area contributed by atoms with Crippen molar-refractivity contribution in [3.63, 3.8) is 0 Å². The van der Waals surface area contributed by atoms with Gasteiger partial charge in [0.1, 0.15) is 5.75 Å². The zero-order valence-electron chi connectivity index (χ0n) is 9.92. The number of benzene rings is 2. The number of hydrogen-bond acceptors (Lipinski definition) is 4. The minimum Gasteiger partial charge on any atom is -0.507 e. The maximum Gasteiger partial charge on any atom is 0.268 e. The second-order valence-electron chi connectivity index (χ2n) is 4.38. The standard InChI is InChI=1S/C14H11NO3S/c16-12-9(7-11-13(17)15-14(19)18-11)6-5-8-3-1-2-4-10(8)12/h1-6,11,16H,7H2,(H,15,17,19). The third-order valence-corrected chi connectivity index (χ3v) is 3.35. The smallest absolute Gasteiger partial charge is 0.268 e. The van der Waals surface area contributed by atoms with Crippen molar-refractivity contribution in [2.24, 2.45) is 0 Å². The first kappa shape index (κ1) is 11.9. The van der Waals surface area contributed by atoms with Gasteiger partial charge in [-0.15, -0.1) is 0 Å². The normalized spacial score (nSPS) is 18.4. The number of carbonyl (C=O) groups excluding carboxylic acids is 1. The van der Waals surface area contributed by atoms with Gasteiger partial charge >= 0.3 is 0 Å². The summed E-state index contributed by atoms with van der Waals surface area (Å²) in [5, 5.41) is 14.5. The van der Waals surface area contributed by atoms with E-state index < -0.39 is 6.10 Å². The summed E-state index contributed by atoms with van der Waals surface area (Å²) in [6.45, 7) is 0. The van der Waals surface area contributed by atoms with E-state index in [-0.39, 0.29) is 16.8 Å². The Labute approximate surface area is 115 Å². The maximum atomic E-state index is 11.6. The number of amides is 1. The van der Waals surface area contributed by atoms with Crippen molar-refractivity contribution in [1.82, 2.24) is 5.32 Å². The quantitative estimate of drug-likeness (QED) is 0.820. The van der Waals surface area contributed by atoms with Gasteiger partial charge in [0.25, 0.3) is 11.1 Å². The second-order valence-corrected chi connectivity index (χ2v) is 4.75. The molecule has 2 aromatic rings. The van der Waals surface area contributed by atoms with Gasteiger partial charge in [-0.1, -0.05) is 36.4 Å². The molecule has 1 amide bonds. The van der Waals surface area contributed by atoms with Crippen LogP contribution in [-0.2, 0) is 16.0 Å². The van der Waals surface area contributed by atoms with Crippen molar-refractivity contribution in [3.8, 4) is 5.75 Å². The van der Waals surface area contributed by atoms with Crippen LogP contribution < -0.4 is 5.32 Å². The molecule has 1 unspecified atom stereocenters. The van der Waals surface area contributed by atoms with Gasteiger partial charge in [0, 0.05) is 11.8 Å². The molecule has 1 aliphatic heterocycles. The van der Waals surface area contributed by atoms with Crippen LogP contribution in [0, 0.1) is 0 Å². The fraction of sp³-hybridized carbons (Fsp3) is 0.143. The lowest BCUT2D eigenvalue weighted by Gasteiger charge is -2.10. The number of ether oxygens (including phenoxy) is 1. The number of nitrogens with one attached hydrogen (secondary N) is 1. The van der Waals surface area contributed by atoms with E-state index in [0.29, 0.717) is 12.0 Å². The van der Waals surface area contributed by atoms with Crippen LogP contribution >= 0.6 is 12.2 Å². The molecule has 2 aromatic carbocycles. The van der Waals surface area contributed by atoms with Crippen LogP contribution in [0.1, 0.15) is 5.56 Å². The van der Waals surface area contributed by atoms with Crippen molar-refractivity contribution in [2.75, 3.05) is 0 Å². The summed E-state index contributed by atoms with van der Waals surface area (Å²) < 4.78 is 5.20. The van der Waals surface area contributed by atoms with E-state index in [2.05, 4.69) is 5.32 Å². The molecule has 4 nitrogen and oxygen atoms in total. The minimum absolute atomic E-state index is 0.0929. The highest BCUT2D eigenvalue weighted by molar-refractivity contribution is 7.80. The highest BCUT2D eigenvalue weighted by Gasteiger charge is 2.30. The number of fused-ring (bicyclic) bond motifs is 1. The summed E-state index contributed by atoms with van der Waals surface area (Å²) in [5.74, 6) is -0.0788. The Morgan fingerprint density at radius 3 is 2.79 bits per heavy atom. The van der Waals surface area contributed by atoms with Gasteiger partial charge < -0.3 is 9.84 Å². The molecule has 3 rings (SSSR count). The van der Waals surface area contributed by atoms with Gasteiger partial charge in [0.05, 0.1) is 0 Å². The van der Waals surface area contributed by atoms with Crippen LogP contribution in [-0.4, -0.2) is 22.3 Å². The molecule has 0 spiro atoms. The first-order valence-corrected chi connectivity index (χ1v) is 6.27. The second kappa shape index (κ2) is 4.51. The fourth-order valence-electron chi connectivity index (χ4n) is 2.19. The molecule has 1 fully saturated rings. The van der Waals surface area contributed by atoms with E-state index >= 15 is 0 Å². The molecular formula is C14H11NO3S. The monoisotopic (exact) mass is 273 g/mol. The number of thiocarbonyl (C=S) groups is 1. The average molecular weight is 273 g/mol. The number of rotatable bonds is 2. The third-order valence-electron chi connectivity index (χ3n) is 3.16. The topological polar surface area (TPSA) is 58.6 Å². The predicted molar refractivity (Wildman–Crippen MR) is 74.9 cm³/mol. The number of carbonyl (C=O) groups is 1. The molecule has 2 N–H and O–H groups in total. The van der Waals surface area contributed by atoms with Gasteiger partial charge in [0.2, 0.25) is 0 Å². The van der Waals surface area contributed by atoms with Gasteiger partial charge in [-0.3, -0.25) is 10.1 Å². The largest absolute Gasteiger partial charge is 0.507 e. The van der Waals surface area contributed by atoms with Crippen LogP contribution in [0.3, 0.4) is 0 Å². The van der Waals surface area contributed by atoms with E-state index in [1.165, 1.54) is 0 Å². The molecule has 0 aliphatic carbocycles. The highest BCUT2D eigenvalue weighted by Crippen LogP contribution is 2.30. The van der Waals surface area contributed by atoms with Crippen LogP contribution in [0.25, 0.3) is 10.8 Å². The molecule has 96 valence electrons. The molecule has 0 saturated carbocycles. The van der Waals surface area contributed by atoms with Crippen LogP contribution in [0.15, 0.2) is 36.4 Å². The number of phenolic OH excluding ortho intramolecular Hbond substituents is 1. The lowest BCUT2D eigenvalue weighted by atomic mass is 10.0. The first-order valence-electron chi connectivity index (χ1n) is 5.86. The van der Waals surface area contributed by atoms with Crippen molar-refractivity contribution in [1.29, 1.82) is 0 Å². The zero-order valence-corrected chi connectivity index (χ0v) is 10.7. The van der Waals surface area contributed by atoms with E-state index in [1.54, 1.807) is 6.07 Å². The maximum absolute atomic E-state index is 11.6. The molecule has 1 saturated heterocycles. The summed E-state index contributed by atoms with van der Waals surface area (Å²) in [7, 11) is 0. The molecule has 1 atom stereocenters. The van der Waals surface area contributed by atoms with Gasteiger partial charge in [-0.25, -0.2) is 0 Å². The van der Waals surface area contributed by atoms with Gasteiger partial charge in [-0.2, -0.15) is 0 Å². The highest BCUT2D eigenvalue weighted by atomic mass is 32.1. The van der Waals surface area contributed by atoms with Gasteiger partial charge in [-0.05, 0) is 23.2 Å². The SMILES string of the molecule is O=C1NC(=S)OC1Cc1ccc2ccccc2c1O. The summed E-state index contributed by atoms with van der Waals surface area (Å²) in [4.78, 5) is 11.6. The van der Waals surface area contributed by atoms with E-state index in [9.17, 15) is 9.90 Å². The summed E-state index contributed by atoms with van der Waals surface area (Å²) in [6.07, 6.45) is -0.373. The van der Waals surface area contributed by atoms with E-state index in [1.807, 2.05) is 30.3 Å². The first-order chi connectivity index (χ1) is 9.15. The average Bonchev–Trinajstić information content (AvgIpc) is 2.72. The number of phenols is 1. The van der Waals surface area contributed by atoms with Crippen LogP contribution in [0.5, 0.6) is 5.75 Å². The zero-order chi connectivity index (χ0) is 13.4. The Morgan fingerprint density at radius 1 is 1.26 bits per heavy atom. The van der Waals surface area contributed by atoms with Crippen LogP contribution in [0.2, 0.25) is 0 Å². The number of hydrogen-bond donors (Lipinski definition) is 2. The Balaban J connectivity index is 1.95. The Bertz CT molecular complexity index is 683. The predicted octanol–water partition coefficient (Wildman–Crippen LogP) is 1.89. The third kappa shape index (κ3) is 2.13. The van der Waals surface area contributed by atoms with E-state index in [0.717, 1.165) is 10.8 Å². The Kier molecular flexibility index (Phi) is 2.83. The molecule has 19 heavy (non-hydrogen) atoms. The van der Waals surface area contributed by atoms with Crippen molar-refractivity contribution in [2.45, 2.75) is 12.5 Å². The lowest BCUT2D eigenvalue weighted by molar-refractivity contribution is -0.123. The number of aromatic hydroxyl groups is 1.